The molecule has 20 heavy (non-hydrogen) atoms. The zero-order valence-electron chi connectivity index (χ0n) is 11.3. The van der Waals surface area contributed by atoms with E-state index < -0.39 is 0 Å². The molecular weight excluding hydrogens is 258 g/mol. The summed E-state index contributed by atoms with van der Waals surface area (Å²) in [6.45, 7) is 2.25. The molecule has 1 aromatic heterocycles. The molecule has 2 aromatic rings. The van der Waals surface area contributed by atoms with Crippen molar-refractivity contribution < 1.29 is 9.66 Å². The van der Waals surface area contributed by atoms with Crippen LogP contribution in [-0.2, 0) is 6.54 Å². The molecule has 1 N–H and O–H groups in total. The Kier molecular flexibility index (Phi) is 4.14. The van der Waals surface area contributed by atoms with Gasteiger partial charge < -0.3 is 10.1 Å². The van der Waals surface area contributed by atoms with Gasteiger partial charge in [-0.15, -0.1) is 0 Å². The highest BCUT2D eigenvalue weighted by Crippen LogP contribution is 2.22. The van der Waals surface area contributed by atoms with Crippen LogP contribution in [0.15, 0.2) is 36.5 Å². The van der Waals surface area contributed by atoms with Crippen molar-refractivity contribution in [1.82, 2.24) is 4.98 Å². The summed E-state index contributed by atoms with van der Waals surface area (Å²) in [7, 11) is 1.55. The summed E-state index contributed by atoms with van der Waals surface area (Å²) in [5, 5.41) is 14.1. The third-order valence-corrected chi connectivity index (χ3v) is 3.04. The fraction of sp³-hybridized carbons (Fsp3) is 0.214. The van der Waals surface area contributed by atoms with Gasteiger partial charge >= 0.3 is 0 Å². The van der Waals surface area contributed by atoms with E-state index in [1.165, 1.54) is 6.07 Å². The number of methoxy groups -OCH3 is 1. The molecule has 0 aliphatic heterocycles. The highest BCUT2D eigenvalue weighted by atomic mass is 16.6. The molecule has 0 bridgehead atoms. The molecule has 0 saturated carbocycles. The van der Waals surface area contributed by atoms with Gasteiger partial charge in [0.05, 0.1) is 12.0 Å². The third kappa shape index (κ3) is 3.03. The number of hydrogen-bond acceptors (Lipinski definition) is 5. The van der Waals surface area contributed by atoms with Crippen LogP contribution in [0.4, 0.5) is 11.4 Å². The van der Waals surface area contributed by atoms with Crippen molar-refractivity contribution >= 4 is 11.4 Å². The van der Waals surface area contributed by atoms with Gasteiger partial charge in [0.2, 0.25) is 5.88 Å². The molecule has 0 aliphatic carbocycles. The van der Waals surface area contributed by atoms with Gasteiger partial charge in [-0.25, -0.2) is 4.98 Å². The van der Waals surface area contributed by atoms with Crippen molar-refractivity contribution in [3.63, 3.8) is 0 Å². The van der Waals surface area contributed by atoms with Crippen LogP contribution in [0.2, 0.25) is 0 Å². The number of anilines is 1. The number of aromatic nitrogens is 1. The van der Waals surface area contributed by atoms with E-state index in [1.807, 2.05) is 12.1 Å². The lowest BCUT2D eigenvalue weighted by Crippen LogP contribution is -2.03. The lowest BCUT2D eigenvalue weighted by molar-refractivity contribution is -0.385. The summed E-state index contributed by atoms with van der Waals surface area (Å²) in [4.78, 5) is 14.5. The third-order valence-electron chi connectivity index (χ3n) is 3.04. The average molecular weight is 273 g/mol. The largest absolute Gasteiger partial charge is 0.481 e. The Balaban J connectivity index is 2.14. The van der Waals surface area contributed by atoms with Crippen molar-refractivity contribution in [2.24, 2.45) is 0 Å². The van der Waals surface area contributed by atoms with E-state index in [0.29, 0.717) is 18.0 Å². The van der Waals surface area contributed by atoms with E-state index in [-0.39, 0.29) is 10.6 Å². The molecule has 0 radical (unpaired) electrons. The van der Waals surface area contributed by atoms with Gasteiger partial charge in [-0.05, 0) is 18.6 Å². The first-order valence-electron chi connectivity index (χ1n) is 6.08. The second-order valence-corrected chi connectivity index (χ2v) is 4.26. The molecule has 0 atom stereocenters. The average Bonchev–Trinajstić information content (AvgIpc) is 2.46. The van der Waals surface area contributed by atoms with E-state index >= 15 is 0 Å². The number of nitrogens with one attached hydrogen (secondary N) is 1. The van der Waals surface area contributed by atoms with Crippen LogP contribution in [0.25, 0.3) is 0 Å². The summed E-state index contributed by atoms with van der Waals surface area (Å²) in [6.07, 6.45) is 1.64. The fourth-order valence-electron chi connectivity index (χ4n) is 1.89. The Bertz CT molecular complexity index is 629. The molecule has 0 amide bonds. The Labute approximate surface area is 116 Å². The van der Waals surface area contributed by atoms with Crippen LogP contribution in [-0.4, -0.2) is 17.0 Å². The molecule has 0 saturated heterocycles. The minimum absolute atomic E-state index is 0.136. The van der Waals surface area contributed by atoms with Crippen LogP contribution < -0.4 is 10.1 Å². The molecule has 0 fully saturated rings. The van der Waals surface area contributed by atoms with E-state index in [1.54, 1.807) is 32.4 Å². The quantitative estimate of drug-likeness (QED) is 0.669. The summed E-state index contributed by atoms with van der Waals surface area (Å²) in [5.41, 5.74) is 2.54. The highest BCUT2D eigenvalue weighted by molar-refractivity contribution is 5.49. The number of pyridine rings is 1. The fourth-order valence-corrected chi connectivity index (χ4v) is 1.89. The summed E-state index contributed by atoms with van der Waals surface area (Å²) in [5.74, 6) is 0.519. The minimum Gasteiger partial charge on any atom is -0.481 e. The summed E-state index contributed by atoms with van der Waals surface area (Å²) < 4.78 is 5.04. The van der Waals surface area contributed by atoms with Gasteiger partial charge in [-0.3, -0.25) is 10.1 Å². The SMILES string of the molecule is COc1cc(NCc2cccc([N+](=O)[O-])c2C)ccn1. The number of hydrogen-bond donors (Lipinski definition) is 1. The predicted octanol–water partition coefficient (Wildman–Crippen LogP) is 2.92. The van der Waals surface area contributed by atoms with Crippen molar-refractivity contribution in [3.8, 4) is 5.88 Å². The maximum atomic E-state index is 10.9. The van der Waals surface area contributed by atoms with Crippen LogP contribution in [0.1, 0.15) is 11.1 Å². The van der Waals surface area contributed by atoms with E-state index in [0.717, 1.165) is 11.3 Å². The van der Waals surface area contributed by atoms with E-state index in [4.69, 9.17) is 4.74 Å². The molecule has 0 unspecified atom stereocenters. The number of nitrogens with zero attached hydrogens (tertiary/aromatic N) is 2. The summed E-state index contributed by atoms with van der Waals surface area (Å²) in [6, 6.07) is 8.65. The maximum absolute atomic E-state index is 10.9. The maximum Gasteiger partial charge on any atom is 0.272 e. The standard InChI is InChI=1S/C14H15N3O3/c1-10-11(4-3-5-13(10)17(18)19)9-16-12-6-7-15-14(8-12)20-2/h3-8H,9H2,1-2H3,(H,15,16). The van der Waals surface area contributed by atoms with Gasteiger partial charge in [0.25, 0.3) is 5.69 Å². The zero-order chi connectivity index (χ0) is 14.5. The molecule has 0 spiro atoms. The monoisotopic (exact) mass is 273 g/mol. The lowest BCUT2D eigenvalue weighted by Gasteiger charge is -2.09. The number of rotatable bonds is 5. The first-order valence-corrected chi connectivity index (χ1v) is 6.08. The molecule has 0 aliphatic rings. The van der Waals surface area contributed by atoms with Crippen molar-refractivity contribution in [3.05, 3.63) is 57.8 Å². The predicted molar refractivity (Wildman–Crippen MR) is 75.9 cm³/mol. The minimum atomic E-state index is -0.367. The van der Waals surface area contributed by atoms with E-state index in [9.17, 15) is 10.1 Å². The Hall–Kier alpha value is -2.63. The topological polar surface area (TPSA) is 77.3 Å². The lowest BCUT2D eigenvalue weighted by atomic mass is 10.1. The van der Waals surface area contributed by atoms with Crippen molar-refractivity contribution in [2.45, 2.75) is 13.5 Å². The molecule has 1 heterocycles. The van der Waals surface area contributed by atoms with Crippen LogP contribution >= 0.6 is 0 Å². The van der Waals surface area contributed by atoms with Crippen LogP contribution in [0.3, 0.4) is 0 Å². The van der Waals surface area contributed by atoms with Crippen molar-refractivity contribution in [1.29, 1.82) is 0 Å². The highest BCUT2D eigenvalue weighted by Gasteiger charge is 2.12. The van der Waals surface area contributed by atoms with Gasteiger partial charge in [0, 0.05) is 36.1 Å². The summed E-state index contributed by atoms with van der Waals surface area (Å²) >= 11 is 0. The number of ether oxygens (including phenoxy) is 1. The number of benzene rings is 1. The van der Waals surface area contributed by atoms with Crippen LogP contribution in [0.5, 0.6) is 5.88 Å². The second-order valence-electron chi connectivity index (χ2n) is 4.26. The van der Waals surface area contributed by atoms with E-state index in [2.05, 4.69) is 10.3 Å². The smallest absolute Gasteiger partial charge is 0.272 e. The number of nitro groups is 1. The molecule has 104 valence electrons. The van der Waals surface area contributed by atoms with Gasteiger partial charge in [0.1, 0.15) is 0 Å². The normalized spacial score (nSPS) is 10.1. The first kappa shape index (κ1) is 13.8. The van der Waals surface area contributed by atoms with Gasteiger partial charge in [0.15, 0.2) is 0 Å². The second kappa shape index (κ2) is 6.01. The number of nitro benzene ring substituents is 1. The van der Waals surface area contributed by atoms with Crippen LogP contribution in [0, 0.1) is 17.0 Å². The molecule has 2 rings (SSSR count). The van der Waals surface area contributed by atoms with Gasteiger partial charge in [-0.1, -0.05) is 12.1 Å². The van der Waals surface area contributed by atoms with Gasteiger partial charge in [-0.2, -0.15) is 0 Å². The zero-order valence-corrected chi connectivity index (χ0v) is 11.3. The Morgan fingerprint density at radius 1 is 1.40 bits per heavy atom. The van der Waals surface area contributed by atoms with Crippen molar-refractivity contribution in [2.75, 3.05) is 12.4 Å². The Morgan fingerprint density at radius 3 is 2.90 bits per heavy atom. The Morgan fingerprint density at radius 2 is 2.20 bits per heavy atom. The molecular formula is C14H15N3O3. The molecule has 6 heteroatoms. The first-order chi connectivity index (χ1) is 9.61. The molecule has 1 aromatic carbocycles. The molecule has 6 nitrogen and oxygen atoms in total.